The number of amides is 4. The Kier molecular flexibility index (Phi) is 10.4. The van der Waals surface area contributed by atoms with E-state index in [4.69, 9.17) is 28.9 Å². The van der Waals surface area contributed by atoms with Crippen LogP contribution in [0.4, 0.5) is 9.93 Å². The van der Waals surface area contributed by atoms with E-state index >= 15 is 0 Å². The van der Waals surface area contributed by atoms with Crippen molar-refractivity contribution in [3.63, 3.8) is 0 Å². The lowest BCUT2D eigenvalue weighted by Gasteiger charge is -2.33. The molecule has 0 spiro atoms. The Bertz CT molecular complexity index is 1800. The highest BCUT2D eigenvalue weighted by atomic mass is 35.5. The molecule has 1 aliphatic rings. The summed E-state index contributed by atoms with van der Waals surface area (Å²) in [5.74, 6) is -0.939. The van der Waals surface area contributed by atoms with Gasteiger partial charge in [0.05, 0.1) is 39.1 Å². The average molecular weight is 683 g/mol. The number of aromatic hydroxyl groups is 1. The molecule has 16 heteroatoms. The largest absolute Gasteiger partial charge is 0.506 e. The number of para-hydroxylation sites is 1. The first-order valence-corrected chi connectivity index (χ1v) is 15.7. The van der Waals surface area contributed by atoms with Crippen LogP contribution in [0.5, 0.6) is 5.75 Å². The van der Waals surface area contributed by atoms with Crippen LogP contribution in [0.2, 0.25) is 10.0 Å². The zero-order chi connectivity index (χ0) is 32.8. The third-order valence-corrected chi connectivity index (χ3v) is 8.81. The quantitative estimate of drug-likeness (QED) is 0.203. The molecule has 4 amide bonds. The first-order valence-electron chi connectivity index (χ1n) is 14.1. The number of rotatable bonds is 8. The number of aromatic nitrogens is 2. The van der Waals surface area contributed by atoms with E-state index in [2.05, 4.69) is 20.6 Å². The highest BCUT2D eigenvalue weighted by molar-refractivity contribution is 7.22. The van der Waals surface area contributed by atoms with Gasteiger partial charge in [0.2, 0.25) is 11.8 Å². The molecule has 1 aliphatic heterocycles. The second-order valence-corrected chi connectivity index (χ2v) is 12.3. The van der Waals surface area contributed by atoms with Crippen molar-refractivity contribution < 1.29 is 19.5 Å². The number of hydrazine groups is 1. The summed E-state index contributed by atoms with van der Waals surface area (Å²) in [7, 11) is 0. The van der Waals surface area contributed by atoms with E-state index < -0.39 is 18.0 Å². The Hall–Kier alpha value is -4.68. The van der Waals surface area contributed by atoms with Gasteiger partial charge in [-0.25, -0.2) is 19.8 Å². The van der Waals surface area contributed by atoms with Crippen LogP contribution in [0.1, 0.15) is 16.8 Å². The van der Waals surface area contributed by atoms with Crippen molar-refractivity contribution in [3.05, 3.63) is 81.6 Å². The minimum absolute atomic E-state index is 0.0310. The van der Waals surface area contributed by atoms with Gasteiger partial charge in [-0.05, 0) is 41.5 Å². The van der Waals surface area contributed by atoms with Gasteiger partial charge in [-0.15, -0.1) is 0 Å². The zero-order valence-corrected chi connectivity index (χ0v) is 26.6. The summed E-state index contributed by atoms with van der Waals surface area (Å²) < 4.78 is 0.866. The Balaban J connectivity index is 1.41. The lowest BCUT2D eigenvalue weighted by Crippen LogP contribution is -2.55. The number of carbonyl (C=O) groups excluding carboxylic acids is 3. The molecule has 2 aromatic heterocycles. The molecule has 4 aromatic rings. The van der Waals surface area contributed by atoms with Crippen LogP contribution in [0.3, 0.4) is 0 Å². The summed E-state index contributed by atoms with van der Waals surface area (Å²) >= 11 is 13.4. The van der Waals surface area contributed by atoms with Crippen LogP contribution in [-0.4, -0.2) is 80.1 Å². The minimum Gasteiger partial charge on any atom is -0.506 e. The molecule has 0 bridgehead atoms. The number of nitrogens with two attached hydrogens (primary N) is 1. The molecule has 0 saturated carbocycles. The molecule has 0 aliphatic carbocycles. The fourth-order valence-corrected chi connectivity index (χ4v) is 6.11. The van der Waals surface area contributed by atoms with Crippen molar-refractivity contribution >= 4 is 67.7 Å². The Morgan fingerprint density at radius 2 is 2.02 bits per heavy atom. The van der Waals surface area contributed by atoms with Gasteiger partial charge in [-0.3, -0.25) is 14.6 Å². The molecule has 2 aromatic carbocycles. The maximum atomic E-state index is 14.1. The lowest BCUT2D eigenvalue weighted by molar-refractivity contribution is -0.136. The number of thiazole rings is 1. The van der Waals surface area contributed by atoms with Gasteiger partial charge in [-0.2, -0.15) is 5.26 Å². The molecule has 5 rings (SSSR count). The normalized spacial score (nSPS) is 15.8. The van der Waals surface area contributed by atoms with Crippen molar-refractivity contribution in [1.29, 1.82) is 5.26 Å². The molecular weight excluding hydrogens is 653 g/mol. The summed E-state index contributed by atoms with van der Waals surface area (Å²) in [6.07, 6.45) is 1.32. The third-order valence-electron chi connectivity index (χ3n) is 7.23. The van der Waals surface area contributed by atoms with Crippen LogP contribution in [0, 0.1) is 11.3 Å². The highest BCUT2D eigenvalue weighted by Gasteiger charge is 2.33. The van der Waals surface area contributed by atoms with Crippen molar-refractivity contribution in [2.24, 2.45) is 0 Å². The van der Waals surface area contributed by atoms with Crippen molar-refractivity contribution in [1.82, 2.24) is 35.5 Å². The third kappa shape index (κ3) is 7.93. The van der Waals surface area contributed by atoms with Crippen molar-refractivity contribution in [3.8, 4) is 11.8 Å². The van der Waals surface area contributed by atoms with Crippen LogP contribution in [0.25, 0.3) is 10.2 Å². The number of pyridine rings is 1. The molecule has 5 N–H and O–H groups in total. The van der Waals surface area contributed by atoms with Crippen LogP contribution < -0.4 is 16.4 Å². The maximum Gasteiger partial charge on any atom is 0.333 e. The fourth-order valence-electron chi connectivity index (χ4n) is 5.00. The summed E-state index contributed by atoms with van der Waals surface area (Å²) in [6, 6.07) is 13.9. The zero-order valence-electron chi connectivity index (χ0n) is 24.3. The number of urea groups is 1. The fraction of sp³-hybridized carbons (Fsp3) is 0.267. The van der Waals surface area contributed by atoms with E-state index in [1.165, 1.54) is 28.6 Å². The molecular formula is C30H29Cl2N9O4S. The smallest absolute Gasteiger partial charge is 0.333 e. The molecule has 0 unspecified atom stereocenters. The SMILES string of the molecule is N#CCN(C(=O)NCc1ccc(Cl)c(Cl)c1)N1CCN(Cc2cccc3sc(N)nc23)C(=O)[C@H](Cc2ccc(O)cn2)NC(=O)C1. The molecule has 1 atom stereocenters. The topological polar surface area (TPSA) is 181 Å². The summed E-state index contributed by atoms with van der Waals surface area (Å²) in [4.78, 5) is 51.0. The van der Waals surface area contributed by atoms with E-state index in [0.29, 0.717) is 32.0 Å². The van der Waals surface area contributed by atoms with Gasteiger partial charge in [0.15, 0.2) is 5.13 Å². The number of benzene rings is 2. The van der Waals surface area contributed by atoms with E-state index in [0.717, 1.165) is 15.3 Å². The Morgan fingerprint density at radius 1 is 1.20 bits per heavy atom. The van der Waals surface area contributed by atoms with Gasteiger partial charge in [0.1, 0.15) is 18.3 Å². The number of fused-ring (bicyclic) bond motifs is 1. The number of hydrogen-bond acceptors (Lipinski definition) is 10. The molecule has 13 nitrogen and oxygen atoms in total. The first-order chi connectivity index (χ1) is 22.1. The van der Waals surface area contributed by atoms with Crippen LogP contribution >= 0.6 is 34.5 Å². The van der Waals surface area contributed by atoms with Crippen LogP contribution in [0.15, 0.2) is 54.7 Å². The van der Waals surface area contributed by atoms with Crippen molar-refractivity contribution in [2.45, 2.75) is 25.6 Å². The second kappa shape index (κ2) is 14.6. The number of nitrogens with one attached hydrogen (secondary N) is 2. The predicted molar refractivity (Wildman–Crippen MR) is 174 cm³/mol. The molecule has 0 radical (unpaired) electrons. The maximum absolute atomic E-state index is 14.1. The molecule has 1 fully saturated rings. The summed E-state index contributed by atoms with van der Waals surface area (Å²) in [5.41, 5.74) is 8.56. The lowest BCUT2D eigenvalue weighted by atomic mass is 10.1. The minimum atomic E-state index is -1.00. The van der Waals surface area contributed by atoms with Gasteiger partial charge in [0.25, 0.3) is 0 Å². The molecule has 3 heterocycles. The number of hydrogen-bond donors (Lipinski definition) is 4. The van der Waals surface area contributed by atoms with Gasteiger partial charge < -0.3 is 26.4 Å². The standard InChI is InChI=1S/C30H29Cl2N9O4S/c31-22-7-4-18(12-23(22)32)14-36-30(45)41(9-8-33)40-11-10-39(16-19-2-1-3-25-27(19)38-29(34)46-25)28(44)24(37-26(43)17-40)13-20-5-6-21(42)15-35-20/h1-7,12,15,24,42H,9-11,13-14,16-17H2,(H2,34,38)(H,36,45)(H,37,43)/t24-/m0/s1. The highest BCUT2D eigenvalue weighted by Crippen LogP contribution is 2.27. The second-order valence-electron chi connectivity index (χ2n) is 10.4. The number of nitriles is 1. The molecule has 1 saturated heterocycles. The Morgan fingerprint density at radius 3 is 2.76 bits per heavy atom. The van der Waals surface area contributed by atoms with Gasteiger partial charge in [-0.1, -0.05) is 52.7 Å². The molecule has 46 heavy (non-hydrogen) atoms. The predicted octanol–water partition coefficient (Wildman–Crippen LogP) is 3.31. The number of nitrogen functional groups attached to an aromatic ring is 1. The van der Waals surface area contributed by atoms with E-state index in [1.54, 1.807) is 29.2 Å². The van der Waals surface area contributed by atoms with Gasteiger partial charge >= 0.3 is 6.03 Å². The Labute approximate surface area is 278 Å². The van der Waals surface area contributed by atoms with E-state index in [9.17, 15) is 24.8 Å². The number of carbonyl (C=O) groups is 3. The number of anilines is 1. The summed E-state index contributed by atoms with van der Waals surface area (Å²) in [5, 5.41) is 28.5. The summed E-state index contributed by atoms with van der Waals surface area (Å²) in [6.45, 7) is -0.270. The van der Waals surface area contributed by atoms with E-state index in [-0.39, 0.29) is 57.3 Å². The van der Waals surface area contributed by atoms with Crippen LogP contribution in [-0.2, 0) is 29.1 Å². The van der Waals surface area contributed by atoms with Crippen molar-refractivity contribution in [2.75, 3.05) is 31.9 Å². The number of halogens is 2. The first kappa shape index (κ1) is 32.7. The van der Waals surface area contributed by atoms with Gasteiger partial charge in [0, 0.05) is 38.3 Å². The monoisotopic (exact) mass is 681 g/mol. The average Bonchev–Trinajstić information content (AvgIpc) is 3.44. The molecule has 238 valence electrons. The van der Waals surface area contributed by atoms with E-state index in [1.807, 2.05) is 24.3 Å². The number of nitrogens with zero attached hydrogens (tertiary/aromatic N) is 6.